The van der Waals surface area contributed by atoms with Gasteiger partial charge in [0.05, 0.1) is 16.7 Å². The van der Waals surface area contributed by atoms with Crippen LogP contribution in [0.4, 0.5) is 14.9 Å². The van der Waals surface area contributed by atoms with E-state index >= 15 is 4.39 Å². The highest BCUT2D eigenvalue weighted by atomic mass is 35.5. The molecule has 8 nitrogen and oxygen atoms in total. The van der Waals surface area contributed by atoms with Crippen LogP contribution in [-0.2, 0) is 11.3 Å². The largest absolute Gasteiger partial charge is 0.453 e. The summed E-state index contributed by atoms with van der Waals surface area (Å²) in [4.78, 5) is 27.8. The number of benzene rings is 3. The van der Waals surface area contributed by atoms with E-state index in [0.29, 0.717) is 11.2 Å². The zero-order valence-corrected chi connectivity index (χ0v) is 22.6. The lowest BCUT2D eigenvalue weighted by Crippen LogP contribution is -2.27. The molecule has 2 amide bonds. The third-order valence-corrected chi connectivity index (χ3v) is 5.82. The lowest BCUT2D eigenvalue weighted by molar-refractivity contribution is 0.0635. The Labute approximate surface area is 233 Å². The minimum atomic E-state index is -0.768. The molecule has 1 aromatic heterocycles. The Hall–Kier alpha value is -4.26. The van der Waals surface area contributed by atoms with E-state index in [0.717, 1.165) is 5.39 Å². The number of fused-ring (bicyclic) bond motifs is 1. The fourth-order valence-electron chi connectivity index (χ4n) is 3.63. The molecule has 1 heterocycles. The third-order valence-electron chi connectivity index (χ3n) is 5.30. The lowest BCUT2D eigenvalue weighted by atomic mass is 10.2. The minimum absolute atomic E-state index is 0.00692. The first-order valence-corrected chi connectivity index (χ1v) is 12.4. The van der Waals surface area contributed by atoms with E-state index in [1.165, 1.54) is 30.3 Å². The topological polar surface area (TPSA) is 116 Å². The van der Waals surface area contributed by atoms with Crippen molar-refractivity contribution in [1.29, 1.82) is 5.26 Å². The van der Waals surface area contributed by atoms with Crippen molar-refractivity contribution in [3.8, 4) is 17.6 Å². The van der Waals surface area contributed by atoms with Crippen LogP contribution in [0.15, 0.2) is 54.6 Å². The van der Waals surface area contributed by atoms with E-state index in [-0.39, 0.29) is 44.9 Å². The summed E-state index contributed by atoms with van der Waals surface area (Å²) in [7, 11) is 0. The van der Waals surface area contributed by atoms with Crippen molar-refractivity contribution in [2.24, 2.45) is 0 Å². The first-order valence-electron chi connectivity index (χ1n) is 11.7. The van der Waals surface area contributed by atoms with Gasteiger partial charge >= 0.3 is 6.09 Å². The van der Waals surface area contributed by atoms with Gasteiger partial charge in [0.2, 0.25) is 0 Å². The molecule has 3 aromatic carbocycles. The van der Waals surface area contributed by atoms with Crippen molar-refractivity contribution in [1.82, 2.24) is 10.3 Å². The van der Waals surface area contributed by atoms with Gasteiger partial charge < -0.3 is 19.8 Å². The zero-order valence-electron chi connectivity index (χ0n) is 21.1. The van der Waals surface area contributed by atoms with Gasteiger partial charge in [0.15, 0.2) is 11.6 Å². The number of aromatic amines is 1. The SMILES string of the molecule is CC(C)(C)OC(=O)Nc1ccc2cc(C(=O)NCc3ccc(Cl)c(Oc4cc(Cl)cc(C#N)c4)c3F)[nH]c2c1. The summed E-state index contributed by atoms with van der Waals surface area (Å²) in [5.41, 5.74) is 1.07. The second-order valence-electron chi connectivity index (χ2n) is 9.53. The molecule has 0 fully saturated rings. The standard InChI is InChI=1S/C28H23Cl2FN4O4/c1-28(2,3)39-27(37)34-19-6-4-16-10-23(35-22(16)12-19)26(36)33-14-17-5-7-21(30)25(24(17)31)38-20-9-15(13-32)8-18(29)11-20/h4-12,35H,14H2,1-3H3,(H,33,36)(H,34,37). The number of carbonyl (C=O) groups is 2. The quantitative estimate of drug-likeness (QED) is 0.222. The van der Waals surface area contributed by atoms with Crippen LogP contribution >= 0.6 is 23.2 Å². The normalized spacial score (nSPS) is 11.1. The lowest BCUT2D eigenvalue weighted by Gasteiger charge is -2.19. The molecule has 4 aromatic rings. The summed E-state index contributed by atoms with van der Waals surface area (Å²) in [5.74, 6) is -1.36. The highest BCUT2D eigenvalue weighted by molar-refractivity contribution is 6.32. The Morgan fingerprint density at radius 1 is 1.08 bits per heavy atom. The number of H-pyrrole nitrogens is 1. The number of halogens is 3. The highest BCUT2D eigenvalue weighted by Crippen LogP contribution is 2.35. The predicted octanol–water partition coefficient (Wildman–Crippen LogP) is 7.55. The Morgan fingerprint density at radius 2 is 1.85 bits per heavy atom. The van der Waals surface area contributed by atoms with E-state index < -0.39 is 23.4 Å². The first-order chi connectivity index (χ1) is 18.4. The van der Waals surface area contributed by atoms with Crippen molar-refractivity contribution in [2.75, 3.05) is 5.32 Å². The average molecular weight is 569 g/mol. The van der Waals surface area contributed by atoms with Gasteiger partial charge in [-0.05, 0) is 63.2 Å². The summed E-state index contributed by atoms with van der Waals surface area (Å²) in [6, 6.07) is 15.8. The fraction of sp³-hybridized carbons (Fsp3) is 0.179. The molecule has 11 heteroatoms. The number of aromatic nitrogens is 1. The molecule has 4 rings (SSSR count). The molecule has 200 valence electrons. The number of nitriles is 1. The maximum atomic E-state index is 15.3. The van der Waals surface area contributed by atoms with Crippen LogP contribution in [0, 0.1) is 17.1 Å². The number of nitrogens with zero attached hydrogens (tertiary/aromatic N) is 1. The molecule has 0 aliphatic heterocycles. The molecule has 0 unspecified atom stereocenters. The van der Waals surface area contributed by atoms with Gasteiger partial charge in [-0.25, -0.2) is 9.18 Å². The van der Waals surface area contributed by atoms with Crippen molar-refractivity contribution in [3.63, 3.8) is 0 Å². The zero-order chi connectivity index (χ0) is 28.3. The van der Waals surface area contributed by atoms with Crippen LogP contribution in [-0.4, -0.2) is 22.6 Å². The molecular weight excluding hydrogens is 546 g/mol. The minimum Gasteiger partial charge on any atom is -0.453 e. The summed E-state index contributed by atoms with van der Waals surface area (Å²) < 4.78 is 26.1. The van der Waals surface area contributed by atoms with E-state index in [1.807, 2.05) is 6.07 Å². The van der Waals surface area contributed by atoms with Gasteiger partial charge in [-0.1, -0.05) is 35.3 Å². The van der Waals surface area contributed by atoms with Crippen LogP contribution in [0.5, 0.6) is 11.5 Å². The number of hydrogen-bond donors (Lipinski definition) is 3. The van der Waals surface area contributed by atoms with Gasteiger partial charge in [0.1, 0.15) is 17.0 Å². The molecule has 0 atom stereocenters. The number of amides is 2. The second kappa shape index (κ2) is 11.2. The molecule has 39 heavy (non-hydrogen) atoms. The smallest absolute Gasteiger partial charge is 0.412 e. The number of rotatable bonds is 6. The Kier molecular flexibility index (Phi) is 8.00. The molecule has 3 N–H and O–H groups in total. The Morgan fingerprint density at radius 3 is 2.56 bits per heavy atom. The highest BCUT2D eigenvalue weighted by Gasteiger charge is 2.19. The van der Waals surface area contributed by atoms with Crippen LogP contribution in [0.1, 0.15) is 42.4 Å². The van der Waals surface area contributed by atoms with E-state index in [9.17, 15) is 9.59 Å². The molecule has 0 radical (unpaired) electrons. The average Bonchev–Trinajstić information content (AvgIpc) is 3.28. The maximum absolute atomic E-state index is 15.3. The number of hydrogen-bond acceptors (Lipinski definition) is 5. The van der Waals surface area contributed by atoms with E-state index in [2.05, 4.69) is 15.6 Å². The van der Waals surface area contributed by atoms with Crippen molar-refractivity contribution < 1.29 is 23.5 Å². The van der Waals surface area contributed by atoms with Crippen molar-refractivity contribution >= 4 is 51.8 Å². The molecule has 0 saturated carbocycles. The van der Waals surface area contributed by atoms with Gasteiger partial charge in [-0.15, -0.1) is 0 Å². The monoisotopic (exact) mass is 568 g/mol. The summed E-state index contributed by atoms with van der Waals surface area (Å²) in [6.45, 7) is 5.14. The third kappa shape index (κ3) is 6.99. The van der Waals surface area contributed by atoms with Gasteiger partial charge in [-0.3, -0.25) is 10.1 Å². The Bertz CT molecular complexity index is 1620. The van der Waals surface area contributed by atoms with Crippen LogP contribution in [0.25, 0.3) is 10.9 Å². The van der Waals surface area contributed by atoms with E-state index in [4.69, 9.17) is 37.9 Å². The maximum Gasteiger partial charge on any atom is 0.412 e. The number of carbonyl (C=O) groups excluding carboxylic acids is 2. The first kappa shape index (κ1) is 27.8. The van der Waals surface area contributed by atoms with Gasteiger partial charge in [-0.2, -0.15) is 5.26 Å². The molecule has 0 aliphatic rings. The van der Waals surface area contributed by atoms with Gasteiger partial charge in [0, 0.05) is 33.7 Å². The summed E-state index contributed by atoms with van der Waals surface area (Å²) >= 11 is 12.2. The Balaban J connectivity index is 1.46. The molecule has 0 saturated heterocycles. The summed E-state index contributed by atoms with van der Waals surface area (Å²) in [6.07, 6.45) is -0.597. The molecule has 0 spiro atoms. The van der Waals surface area contributed by atoms with Crippen LogP contribution < -0.4 is 15.4 Å². The van der Waals surface area contributed by atoms with Crippen molar-refractivity contribution in [3.05, 3.63) is 87.3 Å². The second-order valence-corrected chi connectivity index (χ2v) is 10.4. The summed E-state index contributed by atoms with van der Waals surface area (Å²) in [5, 5.41) is 15.4. The molecule has 0 bridgehead atoms. The van der Waals surface area contributed by atoms with Crippen molar-refractivity contribution in [2.45, 2.75) is 32.9 Å². The van der Waals surface area contributed by atoms with Crippen LogP contribution in [0.2, 0.25) is 10.0 Å². The molecule has 0 aliphatic carbocycles. The number of anilines is 1. The molecular formula is C28H23Cl2FN4O4. The number of ether oxygens (including phenoxy) is 2. The predicted molar refractivity (Wildman–Crippen MR) is 147 cm³/mol. The van der Waals surface area contributed by atoms with Gasteiger partial charge in [0.25, 0.3) is 5.91 Å². The van der Waals surface area contributed by atoms with Crippen LogP contribution in [0.3, 0.4) is 0 Å². The fourth-order valence-corrected chi connectivity index (χ4v) is 4.04. The number of nitrogens with one attached hydrogen (secondary N) is 3. The van der Waals surface area contributed by atoms with E-state index in [1.54, 1.807) is 45.0 Å².